The van der Waals surface area contributed by atoms with Crippen molar-refractivity contribution in [2.24, 2.45) is 0 Å². The van der Waals surface area contributed by atoms with Gasteiger partial charge in [-0.25, -0.2) is 0 Å². The lowest BCUT2D eigenvalue weighted by Crippen LogP contribution is -2.30. The highest BCUT2D eigenvalue weighted by Gasteiger charge is 2.07. The average molecular weight is 367 g/mol. The Labute approximate surface area is 159 Å². The predicted molar refractivity (Wildman–Crippen MR) is 108 cm³/mol. The van der Waals surface area contributed by atoms with Crippen molar-refractivity contribution >= 4 is 23.2 Å². The molecule has 2 rings (SSSR count). The first-order valence-corrected chi connectivity index (χ1v) is 8.76. The van der Waals surface area contributed by atoms with Gasteiger partial charge in [0.25, 0.3) is 5.91 Å². The molecule has 0 aliphatic heterocycles. The van der Waals surface area contributed by atoms with Crippen molar-refractivity contribution in [3.63, 3.8) is 0 Å². The van der Waals surface area contributed by atoms with Crippen LogP contribution in [-0.4, -0.2) is 31.0 Å². The number of anilines is 2. The highest BCUT2D eigenvalue weighted by Crippen LogP contribution is 2.16. The van der Waals surface area contributed by atoms with Crippen LogP contribution in [0.4, 0.5) is 11.4 Å². The van der Waals surface area contributed by atoms with Crippen molar-refractivity contribution < 1.29 is 14.3 Å². The Morgan fingerprint density at radius 3 is 2.26 bits per heavy atom. The third kappa shape index (κ3) is 6.86. The molecule has 0 heterocycles. The smallest absolute Gasteiger partial charge is 0.251 e. The van der Waals surface area contributed by atoms with Gasteiger partial charge in [0.1, 0.15) is 12.4 Å². The van der Waals surface area contributed by atoms with Crippen molar-refractivity contribution in [1.29, 1.82) is 0 Å². The van der Waals surface area contributed by atoms with Crippen LogP contribution in [0.1, 0.15) is 24.2 Å². The number of rotatable bonds is 9. The molecule has 6 nitrogen and oxygen atoms in total. The van der Waals surface area contributed by atoms with E-state index >= 15 is 0 Å². The highest BCUT2D eigenvalue weighted by atomic mass is 16.5. The maximum Gasteiger partial charge on any atom is 0.251 e. The monoisotopic (exact) mass is 367 g/mol. The largest absolute Gasteiger partial charge is 0.490 e. The average Bonchev–Trinajstić information content (AvgIpc) is 2.65. The topological polar surface area (TPSA) is 79.5 Å². The van der Waals surface area contributed by atoms with E-state index in [-0.39, 0.29) is 24.4 Å². The van der Waals surface area contributed by atoms with Gasteiger partial charge in [0.2, 0.25) is 5.91 Å². The van der Waals surface area contributed by atoms with Crippen LogP contribution in [0.15, 0.2) is 61.2 Å². The summed E-state index contributed by atoms with van der Waals surface area (Å²) >= 11 is 0. The predicted octanol–water partition coefficient (Wildman–Crippen LogP) is 3.44. The lowest BCUT2D eigenvalue weighted by atomic mass is 10.2. The zero-order valence-electron chi connectivity index (χ0n) is 15.6. The normalized spacial score (nSPS) is 10.2. The van der Waals surface area contributed by atoms with Crippen LogP contribution in [0.5, 0.6) is 5.75 Å². The van der Waals surface area contributed by atoms with Crippen LogP contribution in [-0.2, 0) is 4.79 Å². The van der Waals surface area contributed by atoms with Gasteiger partial charge in [0.05, 0.1) is 6.54 Å². The Hall–Kier alpha value is -3.28. The van der Waals surface area contributed by atoms with Crippen molar-refractivity contribution in [3.8, 4) is 5.75 Å². The van der Waals surface area contributed by atoms with Crippen molar-refractivity contribution in [2.45, 2.75) is 19.9 Å². The molecule has 0 unspecified atom stereocenters. The van der Waals surface area contributed by atoms with Crippen LogP contribution < -0.4 is 20.7 Å². The van der Waals surface area contributed by atoms with E-state index in [2.05, 4.69) is 22.5 Å². The maximum atomic E-state index is 12.1. The van der Waals surface area contributed by atoms with Gasteiger partial charge in [0, 0.05) is 23.0 Å². The molecule has 2 aromatic carbocycles. The molecule has 0 fully saturated rings. The summed E-state index contributed by atoms with van der Waals surface area (Å²) in [5.74, 6) is 0.429. The van der Waals surface area contributed by atoms with Crippen LogP contribution >= 0.6 is 0 Å². The van der Waals surface area contributed by atoms with E-state index in [0.29, 0.717) is 23.6 Å². The van der Waals surface area contributed by atoms with E-state index in [1.807, 2.05) is 13.8 Å². The van der Waals surface area contributed by atoms with Crippen molar-refractivity contribution in [3.05, 3.63) is 66.7 Å². The minimum absolute atomic E-state index is 0.0848. The van der Waals surface area contributed by atoms with Crippen LogP contribution in [0.25, 0.3) is 0 Å². The number of hydrogen-bond acceptors (Lipinski definition) is 4. The van der Waals surface area contributed by atoms with E-state index in [4.69, 9.17) is 4.74 Å². The Bertz CT molecular complexity index is 768. The molecular weight excluding hydrogens is 342 g/mol. The lowest BCUT2D eigenvalue weighted by molar-refractivity contribution is -0.114. The Balaban J connectivity index is 1.81. The molecule has 0 radical (unpaired) electrons. The second-order valence-electron chi connectivity index (χ2n) is 6.23. The molecule has 3 N–H and O–H groups in total. The third-order valence-corrected chi connectivity index (χ3v) is 3.53. The number of hydrogen-bond donors (Lipinski definition) is 3. The highest BCUT2D eigenvalue weighted by molar-refractivity contribution is 5.95. The first kappa shape index (κ1) is 20.0. The van der Waals surface area contributed by atoms with Crippen molar-refractivity contribution in [1.82, 2.24) is 5.32 Å². The van der Waals surface area contributed by atoms with Gasteiger partial charge in [-0.15, -0.1) is 0 Å². The summed E-state index contributed by atoms with van der Waals surface area (Å²) in [5.41, 5.74) is 2.03. The molecule has 0 aromatic heterocycles. The Morgan fingerprint density at radius 1 is 1.04 bits per heavy atom. The van der Waals surface area contributed by atoms with Gasteiger partial charge in [-0.3, -0.25) is 9.59 Å². The fraction of sp³-hybridized carbons (Fsp3) is 0.238. The number of carbonyl (C=O) groups excluding carboxylic acids is 2. The van der Waals surface area contributed by atoms with Gasteiger partial charge in [-0.05, 0) is 62.4 Å². The summed E-state index contributed by atoms with van der Waals surface area (Å²) in [6.07, 6.45) is 1.67. The molecule has 0 aliphatic carbocycles. The number of ether oxygens (including phenoxy) is 1. The molecule has 0 atom stereocenters. The van der Waals surface area contributed by atoms with Gasteiger partial charge in [0.15, 0.2) is 0 Å². The molecule has 0 saturated carbocycles. The Kier molecular flexibility index (Phi) is 7.43. The Morgan fingerprint density at radius 2 is 1.67 bits per heavy atom. The summed E-state index contributed by atoms with van der Waals surface area (Å²) in [6.45, 7) is 7.97. The standard InChI is InChI=1S/C21H25N3O3/c1-4-13-27-19-11-9-18(10-12-19)24-20(25)14-22-17-7-5-16(6-8-17)21(26)23-15(2)3/h4-12,15,22H,1,13-14H2,2-3H3,(H,23,26)(H,24,25). The lowest BCUT2D eigenvalue weighted by Gasteiger charge is -2.10. The summed E-state index contributed by atoms with van der Waals surface area (Å²) in [5, 5.41) is 8.67. The fourth-order valence-corrected chi connectivity index (χ4v) is 2.26. The number of nitrogens with one attached hydrogen (secondary N) is 3. The quantitative estimate of drug-likeness (QED) is 0.593. The second-order valence-corrected chi connectivity index (χ2v) is 6.23. The molecular formula is C21H25N3O3. The minimum Gasteiger partial charge on any atom is -0.490 e. The summed E-state index contributed by atoms with van der Waals surface area (Å²) < 4.78 is 5.40. The molecule has 0 spiro atoms. The molecule has 6 heteroatoms. The van der Waals surface area contributed by atoms with E-state index in [0.717, 1.165) is 5.69 Å². The first-order valence-electron chi connectivity index (χ1n) is 8.76. The number of benzene rings is 2. The minimum atomic E-state index is -0.170. The summed E-state index contributed by atoms with van der Waals surface area (Å²) in [7, 11) is 0. The number of carbonyl (C=O) groups is 2. The zero-order valence-corrected chi connectivity index (χ0v) is 15.6. The van der Waals surface area contributed by atoms with E-state index < -0.39 is 0 Å². The number of amides is 2. The molecule has 2 amide bonds. The zero-order chi connectivity index (χ0) is 19.6. The van der Waals surface area contributed by atoms with E-state index in [9.17, 15) is 9.59 Å². The van der Waals surface area contributed by atoms with E-state index in [1.165, 1.54) is 0 Å². The van der Waals surface area contributed by atoms with Gasteiger partial charge in [-0.1, -0.05) is 12.7 Å². The summed E-state index contributed by atoms with van der Waals surface area (Å²) in [4.78, 5) is 24.0. The van der Waals surface area contributed by atoms with Gasteiger partial charge in [-0.2, -0.15) is 0 Å². The SMILES string of the molecule is C=CCOc1ccc(NC(=O)CNc2ccc(C(=O)NC(C)C)cc2)cc1. The summed E-state index contributed by atoms with van der Waals surface area (Å²) in [6, 6.07) is 14.2. The first-order chi connectivity index (χ1) is 13.0. The van der Waals surface area contributed by atoms with Gasteiger partial charge >= 0.3 is 0 Å². The third-order valence-electron chi connectivity index (χ3n) is 3.53. The fourth-order valence-electron chi connectivity index (χ4n) is 2.26. The molecule has 142 valence electrons. The molecule has 2 aromatic rings. The molecule has 0 aliphatic rings. The van der Waals surface area contributed by atoms with Crippen LogP contribution in [0, 0.1) is 0 Å². The maximum absolute atomic E-state index is 12.1. The van der Waals surface area contributed by atoms with E-state index in [1.54, 1.807) is 54.6 Å². The molecule has 27 heavy (non-hydrogen) atoms. The second kappa shape index (κ2) is 10.0. The van der Waals surface area contributed by atoms with Gasteiger partial charge < -0.3 is 20.7 Å². The van der Waals surface area contributed by atoms with Crippen LogP contribution in [0.2, 0.25) is 0 Å². The van der Waals surface area contributed by atoms with Crippen LogP contribution in [0.3, 0.4) is 0 Å². The van der Waals surface area contributed by atoms with Crippen molar-refractivity contribution in [2.75, 3.05) is 23.8 Å². The molecule has 0 saturated heterocycles. The molecule has 0 bridgehead atoms.